The van der Waals surface area contributed by atoms with Crippen molar-refractivity contribution in [3.63, 3.8) is 0 Å². The molecule has 5 nitrogen and oxygen atoms in total. The van der Waals surface area contributed by atoms with Gasteiger partial charge in [-0.05, 0) is 35.4 Å². The van der Waals surface area contributed by atoms with E-state index in [2.05, 4.69) is 0 Å². The number of carboxylic acids is 2. The van der Waals surface area contributed by atoms with Gasteiger partial charge in [0.25, 0.3) is 0 Å². The summed E-state index contributed by atoms with van der Waals surface area (Å²) in [4.78, 5) is 32.0. The Hall–Kier alpha value is -3.18. The van der Waals surface area contributed by atoms with Gasteiger partial charge in [0.05, 0.1) is 11.1 Å². The van der Waals surface area contributed by atoms with E-state index in [-0.39, 0.29) is 21.7 Å². The summed E-state index contributed by atoms with van der Waals surface area (Å²) in [7, 11) is 0. The van der Waals surface area contributed by atoms with Crippen molar-refractivity contribution in [3.05, 3.63) is 81.9 Å². The van der Waals surface area contributed by atoms with Crippen LogP contribution in [-0.4, -0.2) is 28.4 Å². The molecule has 0 aromatic heterocycles. The van der Waals surface area contributed by atoms with Crippen molar-refractivity contribution in [2.45, 2.75) is 6.92 Å². The fraction of sp³-hybridized carbons (Fsp3) is 0.0500. The maximum absolute atomic E-state index is 10.7. The molecule has 3 aromatic carbocycles. The summed E-state index contributed by atoms with van der Waals surface area (Å²) in [6, 6.07) is 16.1. The zero-order valence-corrected chi connectivity index (χ0v) is 14.5. The number of benzene rings is 3. The number of aldehydes is 1. The van der Waals surface area contributed by atoms with Crippen molar-refractivity contribution in [2.75, 3.05) is 0 Å². The van der Waals surface area contributed by atoms with Crippen LogP contribution in [0.15, 0.2) is 54.6 Å². The Morgan fingerprint density at radius 2 is 1.46 bits per heavy atom. The first-order chi connectivity index (χ1) is 12.3. The maximum Gasteiger partial charge on any atom is 0.336 e. The number of hydrogen-bond acceptors (Lipinski definition) is 3. The lowest BCUT2D eigenvalue weighted by molar-refractivity contribution is 0.0696. The van der Waals surface area contributed by atoms with Crippen LogP contribution in [-0.2, 0) is 0 Å². The minimum Gasteiger partial charge on any atom is -0.478 e. The van der Waals surface area contributed by atoms with Crippen molar-refractivity contribution in [1.82, 2.24) is 0 Å². The van der Waals surface area contributed by atoms with E-state index < -0.39 is 11.9 Å². The Morgan fingerprint density at radius 3 is 2.00 bits per heavy atom. The summed E-state index contributed by atoms with van der Waals surface area (Å²) >= 11 is 5.58. The quantitative estimate of drug-likeness (QED) is 0.652. The van der Waals surface area contributed by atoms with Crippen molar-refractivity contribution in [3.8, 4) is 0 Å². The molecule has 3 aromatic rings. The fourth-order valence-corrected chi connectivity index (χ4v) is 2.69. The van der Waals surface area contributed by atoms with Gasteiger partial charge in [-0.25, -0.2) is 9.59 Å². The third kappa shape index (κ3) is 4.26. The van der Waals surface area contributed by atoms with E-state index in [1.807, 2.05) is 42.5 Å². The Bertz CT molecular complexity index is 954. The summed E-state index contributed by atoms with van der Waals surface area (Å²) in [6.07, 6.45) is 0.891. The van der Waals surface area contributed by atoms with Gasteiger partial charge in [-0.3, -0.25) is 4.79 Å². The molecule has 0 amide bonds. The maximum atomic E-state index is 10.7. The highest BCUT2D eigenvalue weighted by Gasteiger charge is 2.16. The number of carboxylic acid groups (broad SMARTS) is 2. The van der Waals surface area contributed by atoms with Crippen molar-refractivity contribution in [2.24, 2.45) is 0 Å². The van der Waals surface area contributed by atoms with Crippen LogP contribution in [0.5, 0.6) is 0 Å². The number of fused-ring (bicyclic) bond motifs is 1. The van der Waals surface area contributed by atoms with E-state index in [1.165, 1.54) is 19.1 Å². The molecule has 0 aliphatic carbocycles. The normalized spacial score (nSPS) is 9.92. The lowest BCUT2D eigenvalue weighted by atomic mass is 10.0. The van der Waals surface area contributed by atoms with E-state index in [0.29, 0.717) is 0 Å². The molecule has 0 fully saturated rings. The Kier molecular flexibility index (Phi) is 6.09. The predicted molar refractivity (Wildman–Crippen MR) is 99.4 cm³/mol. The largest absolute Gasteiger partial charge is 0.478 e. The number of aromatic carboxylic acids is 2. The van der Waals surface area contributed by atoms with Crippen molar-refractivity contribution < 1.29 is 24.6 Å². The highest BCUT2D eigenvalue weighted by molar-refractivity contribution is 6.31. The first-order valence-electron chi connectivity index (χ1n) is 7.54. The van der Waals surface area contributed by atoms with Gasteiger partial charge in [0, 0.05) is 10.6 Å². The number of halogens is 1. The van der Waals surface area contributed by atoms with Crippen LogP contribution in [0.1, 0.15) is 36.6 Å². The molecule has 0 radical (unpaired) electrons. The van der Waals surface area contributed by atoms with E-state index >= 15 is 0 Å². The molecule has 0 aliphatic heterocycles. The Morgan fingerprint density at radius 1 is 0.923 bits per heavy atom. The molecule has 3 rings (SSSR count). The van der Waals surface area contributed by atoms with E-state index in [1.54, 1.807) is 0 Å². The van der Waals surface area contributed by atoms with Crippen LogP contribution in [0.4, 0.5) is 0 Å². The number of rotatable bonds is 3. The van der Waals surface area contributed by atoms with Gasteiger partial charge in [-0.1, -0.05) is 54.1 Å². The summed E-state index contributed by atoms with van der Waals surface area (Å²) in [6.45, 7) is 1.43. The van der Waals surface area contributed by atoms with Gasteiger partial charge in [0.1, 0.15) is 0 Å². The zero-order chi connectivity index (χ0) is 19.3. The molecular formula is C20H15ClO5. The summed E-state index contributed by atoms with van der Waals surface area (Å²) in [5.41, 5.74) is 0.785. The third-order valence-electron chi connectivity index (χ3n) is 3.78. The average Bonchev–Trinajstić information content (AvgIpc) is 2.63. The van der Waals surface area contributed by atoms with Crippen LogP contribution in [0.2, 0.25) is 5.02 Å². The molecule has 132 valence electrons. The third-order valence-corrected chi connectivity index (χ3v) is 4.00. The van der Waals surface area contributed by atoms with Crippen LogP contribution in [0.3, 0.4) is 0 Å². The Labute approximate surface area is 154 Å². The Balaban J connectivity index is 0.000000189. The first-order valence-corrected chi connectivity index (χ1v) is 7.92. The summed E-state index contributed by atoms with van der Waals surface area (Å²) in [5, 5.41) is 19.7. The number of carbonyl (C=O) groups excluding carboxylic acids is 1. The lowest BCUT2D eigenvalue weighted by Crippen LogP contribution is -2.07. The highest BCUT2D eigenvalue weighted by Crippen LogP contribution is 2.20. The van der Waals surface area contributed by atoms with Crippen molar-refractivity contribution >= 4 is 40.6 Å². The average molecular weight is 371 g/mol. The van der Waals surface area contributed by atoms with Crippen LogP contribution in [0, 0.1) is 6.92 Å². The fourth-order valence-electron chi connectivity index (χ4n) is 2.48. The van der Waals surface area contributed by atoms with E-state index in [0.717, 1.165) is 22.6 Å². The second-order valence-electron chi connectivity index (χ2n) is 5.42. The molecule has 6 heteroatoms. The summed E-state index contributed by atoms with van der Waals surface area (Å²) < 4.78 is 0. The van der Waals surface area contributed by atoms with E-state index in [4.69, 9.17) is 21.8 Å². The minimum absolute atomic E-state index is 0.0881. The molecule has 0 spiro atoms. The molecule has 0 saturated carbocycles. The SMILES string of the molecule is Cc1c(C(=O)O)cc(Cl)cc1C(=O)O.O=Cc1cccc2ccccc12. The summed E-state index contributed by atoms with van der Waals surface area (Å²) in [5.74, 6) is -2.37. The standard InChI is InChI=1S/C11H8O.C9H7ClO4/c12-8-10-6-3-5-9-4-1-2-7-11(9)10;1-4-6(8(11)12)2-5(10)3-7(4)9(13)14/h1-8H;2-3H,1H3,(H,11,12)(H,13,14). The van der Waals surface area contributed by atoms with E-state index in [9.17, 15) is 14.4 Å². The van der Waals surface area contributed by atoms with Crippen LogP contribution in [0.25, 0.3) is 10.8 Å². The van der Waals surface area contributed by atoms with Gasteiger partial charge in [-0.15, -0.1) is 0 Å². The molecule has 2 N–H and O–H groups in total. The number of carbonyl (C=O) groups is 3. The van der Waals surface area contributed by atoms with Crippen LogP contribution >= 0.6 is 11.6 Å². The molecule has 0 unspecified atom stereocenters. The highest BCUT2D eigenvalue weighted by atomic mass is 35.5. The van der Waals surface area contributed by atoms with Gasteiger partial charge in [-0.2, -0.15) is 0 Å². The molecule has 0 aliphatic rings. The van der Waals surface area contributed by atoms with Gasteiger partial charge in [0.15, 0.2) is 6.29 Å². The lowest BCUT2D eigenvalue weighted by Gasteiger charge is -2.05. The molecule has 0 bridgehead atoms. The second kappa shape index (κ2) is 8.27. The molecular weight excluding hydrogens is 356 g/mol. The molecule has 26 heavy (non-hydrogen) atoms. The molecule has 0 atom stereocenters. The minimum atomic E-state index is -1.19. The second-order valence-corrected chi connectivity index (χ2v) is 5.86. The van der Waals surface area contributed by atoms with Gasteiger partial charge >= 0.3 is 11.9 Å². The smallest absolute Gasteiger partial charge is 0.336 e. The monoisotopic (exact) mass is 370 g/mol. The molecule has 0 saturated heterocycles. The predicted octanol–water partition coefficient (Wildman–Crippen LogP) is 4.70. The topological polar surface area (TPSA) is 91.7 Å². The molecule has 0 heterocycles. The van der Waals surface area contributed by atoms with Crippen LogP contribution < -0.4 is 0 Å². The zero-order valence-electron chi connectivity index (χ0n) is 13.8. The first kappa shape index (κ1) is 19.1. The van der Waals surface area contributed by atoms with Gasteiger partial charge < -0.3 is 10.2 Å². The van der Waals surface area contributed by atoms with Crippen molar-refractivity contribution in [1.29, 1.82) is 0 Å². The van der Waals surface area contributed by atoms with Gasteiger partial charge in [0.2, 0.25) is 0 Å². The number of hydrogen-bond donors (Lipinski definition) is 2.